The highest BCUT2D eigenvalue weighted by Crippen LogP contribution is 2.47. The smallest absolute Gasteiger partial charge is 0.210 e. The van der Waals surface area contributed by atoms with Crippen LogP contribution in [0.1, 0.15) is 65.3 Å². The highest BCUT2D eigenvalue weighted by molar-refractivity contribution is 8.13. The van der Waals surface area contributed by atoms with Crippen LogP contribution in [0.4, 0.5) is 0 Å². The van der Waals surface area contributed by atoms with Gasteiger partial charge in [0.25, 0.3) is 0 Å². The number of carbonyl (C=O) groups excluding carboxylic acids is 3. The molecule has 0 saturated heterocycles. The van der Waals surface area contributed by atoms with Crippen molar-refractivity contribution in [2.75, 3.05) is 26.4 Å². The lowest BCUT2D eigenvalue weighted by Gasteiger charge is -2.37. The fourth-order valence-electron chi connectivity index (χ4n) is 11.1. The number of hydrogen-bond donors (Lipinski definition) is 0. The highest BCUT2D eigenvalue weighted by atomic mass is 32.2. The predicted octanol–water partition coefficient (Wildman–Crippen LogP) is 17.2. The van der Waals surface area contributed by atoms with E-state index in [1.807, 2.05) is 42.5 Å². The van der Waals surface area contributed by atoms with Gasteiger partial charge < -0.3 is 14.2 Å². The monoisotopic (exact) mass is 1240 g/mol. The zero-order valence-electron chi connectivity index (χ0n) is 50.7. The van der Waals surface area contributed by atoms with Crippen molar-refractivity contribution in [3.63, 3.8) is 0 Å². The third-order valence-corrected chi connectivity index (χ3v) is 18.5. The molecule has 0 aliphatic rings. The molecular weight excluding hydrogens is 1170 g/mol. The molecule has 11 heteroatoms. The Hall–Kier alpha value is -9.10. The van der Waals surface area contributed by atoms with Crippen molar-refractivity contribution >= 4 is 50.6 Å². The Balaban J connectivity index is 0.860. The van der Waals surface area contributed by atoms with Crippen LogP contribution < -0.4 is 18.6 Å². The Bertz CT molecular complexity index is 3880. The highest BCUT2D eigenvalue weighted by Gasteiger charge is 2.39. The normalized spacial score (nSPS) is 11.3. The summed E-state index contributed by atoms with van der Waals surface area (Å²) < 4.78 is 21.7. The molecule has 0 saturated carbocycles. The zero-order chi connectivity index (χ0) is 62.1. The molecule has 8 nitrogen and oxygen atoms in total. The van der Waals surface area contributed by atoms with Crippen LogP contribution in [-0.2, 0) is 48.3 Å². The van der Waals surface area contributed by atoms with Gasteiger partial charge in [0.15, 0.2) is 46.7 Å². The van der Waals surface area contributed by atoms with Crippen LogP contribution in [0.5, 0.6) is 11.5 Å². The number of ether oxygens (including phenoxy) is 3. The molecule has 2 aromatic heterocycles. The standard InChI is InChI=1S/C79H70N2O6S3/c1-57(82)88-54-61-9-17-64(18-10-61)67-23-29-72(30-24-67)79(73-31-25-68(26-32-73)65-19-11-62(12-20-65)55-89-58(2)83,74-33-27-69(28-34-74)66-21-13-63(14-22-66)56-90-59(3)84)75-35-37-76(38-36-75)81-47-43-71(44-48-81)70-41-45-80(46-42-70)53-60-15-39-78(40-16-60)87-52-50-85-49-51-86-77-7-5-4-6-8-77/h4-48H,49-56H2,1-3H3/q+2. The number of para-hydroxylation sites is 1. The number of rotatable bonds is 25. The second-order valence-corrected chi connectivity index (χ2v) is 25.4. The van der Waals surface area contributed by atoms with Gasteiger partial charge in [-0.3, -0.25) is 14.4 Å². The Morgan fingerprint density at radius 2 is 0.644 bits per heavy atom. The first kappa shape index (κ1) is 62.5. The Kier molecular flexibility index (Phi) is 21.1. The lowest BCUT2D eigenvalue weighted by Crippen LogP contribution is -2.33. The van der Waals surface area contributed by atoms with E-state index in [0.717, 1.165) is 107 Å². The van der Waals surface area contributed by atoms with Crippen molar-refractivity contribution in [3.8, 4) is 61.7 Å². The third-order valence-electron chi connectivity index (χ3n) is 15.8. The van der Waals surface area contributed by atoms with E-state index in [1.54, 1.807) is 20.8 Å². The van der Waals surface area contributed by atoms with Gasteiger partial charge in [-0.1, -0.05) is 211 Å². The molecule has 0 N–H and O–H groups in total. The van der Waals surface area contributed by atoms with Gasteiger partial charge in [0, 0.05) is 80.0 Å². The molecule has 11 aromatic rings. The van der Waals surface area contributed by atoms with Crippen LogP contribution in [-0.4, -0.2) is 41.8 Å². The molecule has 0 aliphatic carbocycles. The molecule has 0 radical (unpaired) electrons. The van der Waals surface area contributed by atoms with E-state index in [4.69, 9.17) is 14.2 Å². The number of aromatic nitrogens is 2. The SMILES string of the molecule is CC(=O)SCc1ccc(-c2ccc(C(c3ccc(-c4ccc(CSC(C)=O)cc4)cc3)(c3ccc(-c4ccc(CSC(C)=O)cc4)cc3)c3ccc(-[n+]4ccc(-c5cc[n+](Cc6ccc(OCCOCCOc7ccccc7)cc6)cc5)cc4)cc3)cc2)cc1. The summed E-state index contributed by atoms with van der Waals surface area (Å²) in [5.74, 6) is 3.58. The number of carbonyl (C=O) groups is 3. The van der Waals surface area contributed by atoms with Crippen molar-refractivity contribution in [1.82, 2.24) is 0 Å². The van der Waals surface area contributed by atoms with Crippen LogP contribution in [0.15, 0.2) is 274 Å². The van der Waals surface area contributed by atoms with E-state index in [-0.39, 0.29) is 15.3 Å². The molecule has 0 amide bonds. The summed E-state index contributed by atoms with van der Waals surface area (Å²) in [6, 6.07) is 88.1. The first-order chi connectivity index (χ1) is 44.0. The van der Waals surface area contributed by atoms with E-state index in [9.17, 15) is 14.4 Å². The van der Waals surface area contributed by atoms with Crippen molar-refractivity contribution in [2.45, 2.75) is 50.0 Å². The quantitative estimate of drug-likeness (QED) is 0.0315. The number of thioether (sulfide) groups is 3. The predicted molar refractivity (Wildman–Crippen MR) is 368 cm³/mol. The molecule has 0 fully saturated rings. The average Bonchev–Trinajstić information content (AvgIpc) is 0.751. The van der Waals surface area contributed by atoms with Gasteiger partial charge in [-0.25, -0.2) is 4.57 Å². The van der Waals surface area contributed by atoms with Gasteiger partial charge in [-0.2, -0.15) is 4.57 Å². The summed E-state index contributed by atoms with van der Waals surface area (Å²) in [7, 11) is 0. The van der Waals surface area contributed by atoms with Crippen molar-refractivity contribution in [2.24, 2.45) is 0 Å². The fraction of sp³-hybridized carbons (Fsp3) is 0.152. The maximum absolute atomic E-state index is 11.8. The molecule has 90 heavy (non-hydrogen) atoms. The van der Waals surface area contributed by atoms with Gasteiger partial charge in [-0.05, 0) is 120 Å². The summed E-state index contributed by atoms with van der Waals surface area (Å²) in [6.07, 6.45) is 8.51. The fourth-order valence-corrected chi connectivity index (χ4v) is 12.7. The second kappa shape index (κ2) is 30.4. The summed E-state index contributed by atoms with van der Waals surface area (Å²) >= 11 is 3.97. The van der Waals surface area contributed by atoms with Crippen LogP contribution in [0.2, 0.25) is 0 Å². The van der Waals surface area contributed by atoms with Crippen LogP contribution in [0.3, 0.4) is 0 Å². The largest absolute Gasteiger partial charge is 0.491 e. The number of pyridine rings is 2. The molecule has 0 atom stereocenters. The van der Waals surface area contributed by atoms with Gasteiger partial charge >= 0.3 is 0 Å². The molecule has 0 unspecified atom stereocenters. The van der Waals surface area contributed by atoms with E-state index in [2.05, 4.69) is 240 Å². The van der Waals surface area contributed by atoms with Crippen molar-refractivity contribution in [1.29, 1.82) is 0 Å². The van der Waals surface area contributed by atoms with Gasteiger partial charge in [0.2, 0.25) is 5.69 Å². The average molecular weight is 1240 g/mol. The lowest BCUT2D eigenvalue weighted by atomic mass is 9.64. The summed E-state index contributed by atoms with van der Waals surface area (Å²) in [5, 5.41) is 0.323. The Morgan fingerprint density at radius 3 is 1.01 bits per heavy atom. The minimum absolute atomic E-state index is 0.108. The summed E-state index contributed by atoms with van der Waals surface area (Å²) in [6.45, 7) is 7.50. The first-order valence-electron chi connectivity index (χ1n) is 30.1. The zero-order valence-corrected chi connectivity index (χ0v) is 53.2. The second-order valence-electron chi connectivity index (χ2n) is 22.0. The van der Waals surface area contributed by atoms with Crippen LogP contribution in [0, 0.1) is 0 Å². The first-order valence-corrected chi connectivity index (χ1v) is 33.1. The molecule has 0 bridgehead atoms. The van der Waals surface area contributed by atoms with Gasteiger partial charge in [0.1, 0.15) is 24.7 Å². The van der Waals surface area contributed by atoms with E-state index >= 15 is 0 Å². The number of nitrogens with zero attached hydrogens (tertiary/aromatic N) is 2. The van der Waals surface area contributed by atoms with Crippen molar-refractivity contribution < 1.29 is 37.7 Å². The molecule has 0 aliphatic heterocycles. The van der Waals surface area contributed by atoms with Crippen molar-refractivity contribution in [3.05, 3.63) is 318 Å². The van der Waals surface area contributed by atoms with E-state index < -0.39 is 5.41 Å². The minimum atomic E-state index is -0.782. The molecule has 448 valence electrons. The molecule has 11 rings (SSSR count). The van der Waals surface area contributed by atoms with Gasteiger partial charge in [-0.15, -0.1) is 0 Å². The van der Waals surface area contributed by atoms with Gasteiger partial charge in [0.05, 0.1) is 18.6 Å². The van der Waals surface area contributed by atoms with Crippen LogP contribution >= 0.6 is 35.3 Å². The third kappa shape index (κ3) is 16.2. The Morgan fingerprint density at radius 1 is 0.333 bits per heavy atom. The summed E-state index contributed by atoms with van der Waals surface area (Å²) in [4.78, 5) is 35.3. The van der Waals surface area contributed by atoms with E-state index in [1.165, 1.54) is 40.8 Å². The molecule has 2 heterocycles. The summed E-state index contributed by atoms with van der Waals surface area (Å²) in [5.41, 5.74) is 18.0. The Labute approximate surface area is 541 Å². The maximum atomic E-state index is 11.8. The topological polar surface area (TPSA) is 86.7 Å². The molecular formula is C79H70N2O6S3+2. The van der Waals surface area contributed by atoms with E-state index in [0.29, 0.717) is 43.7 Å². The lowest BCUT2D eigenvalue weighted by molar-refractivity contribution is -0.688. The number of benzene rings is 9. The minimum Gasteiger partial charge on any atom is -0.491 e. The molecule has 9 aromatic carbocycles. The molecule has 0 spiro atoms. The number of hydrogen-bond acceptors (Lipinski definition) is 9. The van der Waals surface area contributed by atoms with Crippen LogP contribution in [0.25, 0.3) is 50.2 Å². The maximum Gasteiger partial charge on any atom is 0.210 e.